The molecule has 0 aromatic carbocycles. The Labute approximate surface area is 72.5 Å². The van der Waals surface area contributed by atoms with Crippen molar-refractivity contribution < 1.29 is 0 Å². The van der Waals surface area contributed by atoms with E-state index in [9.17, 15) is 0 Å². The molecule has 0 aliphatic heterocycles. The van der Waals surface area contributed by atoms with Crippen molar-refractivity contribution in [2.45, 2.75) is 13.3 Å². The van der Waals surface area contributed by atoms with Crippen LogP contribution in [-0.2, 0) is 0 Å². The second-order valence-corrected chi connectivity index (χ2v) is 3.02. The van der Waals surface area contributed by atoms with Crippen molar-refractivity contribution in [2.24, 2.45) is 0 Å². The highest BCUT2D eigenvalue weighted by molar-refractivity contribution is 5.73. The molecule has 0 atom stereocenters. The Morgan fingerprint density at radius 2 is 2.25 bits per heavy atom. The normalized spacial score (nSPS) is 14.9. The zero-order valence-electron chi connectivity index (χ0n) is 7.12. The van der Waals surface area contributed by atoms with Gasteiger partial charge in [-0.2, -0.15) is 0 Å². The minimum atomic E-state index is 1.05. The summed E-state index contributed by atoms with van der Waals surface area (Å²) in [6.45, 7) is 2.05. The van der Waals surface area contributed by atoms with Crippen LogP contribution in [0.3, 0.4) is 0 Å². The van der Waals surface area contributed by atoms with E-state index in [1.165, 1.54) is 11.1 Å². The lowest BCUT2D eigenvalue weighted by atomic mass is 10.2. The summed E-state index contributed by atoms with van der Waals surface area (Å²) in [4.78, 5) is 4.34. The molecular weight excluding hydrogens is 146 g/mol. The maximum absolute atomic E-state index is 4.34. The molecule has 0 spiro atoms. The first kappa shape index (κ1) is 7.29. The van der Waals surface area contributed by atoms with Crippen molar-refractivity contribution in [1.82, 2.24) is 4.98 Å². The zero-order chi connectivity index (χ0) is 8.39. The van der Waals surface area contributed by atoms with E-state index in [2.05, 4.69) is 42.3 Å². The van der Waals surface area contributed by atoms with Crippen LogP contribution >= 0.6 is 0 Å². The maximum Gasteiger partial charge on any atom is 0.0698 e. The summed E-state index contributed by atoms with van der Waals surface area (Å²) in [5.41, 5.74) is 3.53. The third-order valence-corrected chi connectivity index (χ3v) is 1.98. The number of aryl methyl sites for hydroxylation is 1. The third-order valence-electron chi connectivity index (χ3n) is 1.98. The number of allylic oxidation sites excluding steroid dienone is 4. The summed E-state index contributed by atoms with van der Waals surface area (Å²) in [7, 11) is 0. The van der Waals surface area contributed by atoms with Crippen molar-refractivity contribution in [3.05, 3.63) is 47.8 Å². The molecule has 0 unspecified atom stereocenters. The van der Waals surface area contributed by atoms with E-state index in [1.54, 1.807) is 0 Å². The molecule has 1 aliphatic rings. The summed E-state index contributed by atoms with van der Waals surface area (Å²) >= 11 is 0. The Morgan fingerprint density at radius 3 is 2.83 bits per heavy atom. The van der Waals surface area contributed by atoms with Crippen LogP contribution in [0.4, 0.5) is 0 Å². The number of hydrogen-bond donors (Lipinski definition) is 0. The lowest BCUT2D eigenvalue weighted by molar-refractivity contribution is 1.23. The van der Waals surface area contributed by atoms with Gasteiger partial charge in [-0.25, -0.2) is 0 Å². The van der Waals surface area contributed by atoms with Crippen LogP contribution in [0.2, 0.25) is 0 Å². The van der Waals surface area contributed by atoms with Crippen LogP contribution < -0.4 is 0 Å². The van der Waals surface area contributed by atoms with Gasteiger partial charge in [-0.15, -0.1) is 0 Å². The number of rotatable bonds is 1. The molecule has 1 heteroatoms. The van der Waals surface area contributed by atoms with Crippen molar-refractivity contribution in [2.75, 3.05) is 0 Å². The molecule has 60 valence electrons. The third kappa shape index (κ3) is 1.30. The summed E-state index contributed by atoms with van der Waals surface area (Å²) in [5, 5.41) is 0. The van der Waals surface area contributed by atoms with Gasteiger partial charge in [0.05, 0.1) is 5.69 Å². The summed E-state index contributed by atoms with van der Waals surface area (Å²) in [5.74, 6) is 0. The highest BCUT2D eigenvalue weighted by atomic mass is 14.7. The highest BCUT2D eigenvalue weighted by Crippen LogP contribution is 2.19. The van der Waals surface area contributed by atoms with E-state index in [4.69, 9.17) is 0 Å². The quantitative estimate of drug-likeness (QED) is 0.610. The molecule has 1 heterocycles. The van der Waals surface area contributed by atoms with Gasteiger partial charge in [0.2, 0.25) is 0 Å². The average Bonchev–Trinajstić information content (AvgIpc) is 2.58. The van der Waals surface area contributed by atoms with Gasteiger partial charge in [0.1, 0.15) is 0 Å². The molecule has 0 bridgehead atoms. The van der Waals surface area contributed by atoms with Gasteiger partial charge >= 0.3 is 0 Å². The van der Waals surface area contributed by atoms with Gasteiger partial charge in [-0.05, 0) is 30.5 Å². The number of aromatic nitrogens is 1. The van der Waals surface area contributed by atoms with Crippen LogP contribution in [0.1, 0.15) is 17.7 Å². The fourth-order valence-corrected chi connectivity index (χ4v) is 1.29. The molecule has 1 aliphatic carbocycles. The number of nitrogens with zero attached hydrogens (tertiary/aromatic N) is 1. The Hall–Kier alpha value is -1.37. The van der Waals surface area contributed by atoms with Gasteiger partial charge in [-0.1, -0.05) is 24.3 Å². The fraction of sp³-hybridized carbons (Fsp3) is 0.182. The molecule has 0 N–H and O–H groups in total. The SMILES string of the molecule is Cc1ccc(C2=CCC=C2)nc1. The summed E-state index contributed by atoms with van der Waals surface area (Å²) in [6, 6.07) is 4.16. The molecule has 0 radical (unpaired) electrons. The first-order valence-electron chi connectivity index (χ1n) is 4.16. The van der Waals surface area contributed by atoms with Crippen LogP contribution in [-0.4, -0.2) is 4.98 Å². The smallest absolute Gasteiger partial charge is 0.0698 e. The summed E-state index contributed by atoms with van der Waals surface area (Å²) in [6.07, 6.45) is 9.42. The minimum absolute atomic E-state index is 1.05. The maximum atomic E-state index is 4.34. The Balaban J connectivity index is 2.35. The largest absolute Gasteiger partial charge is 0.256 e. The predicted molar refractivity (Wildman–Crippen MR) is 50.7 cm³/mol. The van der Waals surface area contributed by atoms with Crippen molar-refractivity contribution >= 4 is 5.57 Å². The zero-order valence-corrected chi connectivity index (χ0v) is 7.12. The molecule has 1 aromatic rings. The molecule has 12 heavy (non-hydrogen) atoms. The van der Waals surface area contributed by atoms with Gasteiger partial charge in [0.25, 0.3) is 0 Å². The Kier molecular flexibility index (Phi) is 1.78. The molecule has 0 fully saturated rings. The van der Waals surface area contributed by atoms with Gasteiger partial charge in [0, 0.05) is 6.20 Å². The van der Waals surface area contributed by atoms with Crippen molar-refractivity contribution in [3.63, 3.8) is 0 Å². The van der Waals surface area contributed by atoms with E-state index >= 15 is 0 Å². The second kappa shape index (κ2) is 2.94. The Bertz CT molecular complexity index is 331. The Morgan fingerprint density at radius 1 is 1.33 bits per heavy atom. The van der Waals surface area contributed by atoms with Crippen LogP contribution in [0.5, 0.6) is 0 Å². The van der Waals surface area contributed by atoms with Gasteiger partial charge in [-0.3, -0.25) is 4.98 Å². The first-order chi connectivity index (χ1) is 5.86. The van der Waals surface area contributed by atoms with Crippen LogP contribution in [0.15, 0.2) is 36.6 Å². The molecule has 0 amide bonds. The van der Waals surface area contributed by atoms with Crippen molar-refractivity contribution in [3.8, 4) is 0 Å². The topological polar surface area (TPSA) is 12.9 Å². The molecule has 1 aromatic heterocycles. The van der Waals surface area contributed by atoms with Gasteiger partial charge in [0.15, 0.2) is 0 Å². The molecular formula is C11H11N. The van der Waals surface area contributed by atoms with E-state index in [0.717, 1.165) is 12.1 Å². The summed E-state index contributed by atoms with van der Waals surface area (Å²) < 4.78 is 0. The number of pyridine rings is 1. The van der Waals surface area contributed by atoms with E-state index in [-0.39, 0.29) is 0 Å². The van der Waals surface area contributed by atoms with E-state index < -0.39 is 0 Å². The average molecular weight is 157 g/mol. The van der Waals surface area contributed by atoms with E-state index in [1.807, 2.05) is 6.20 Å². The second-order valence-electron chi connectivity index (χ2n) is 3.02. The molecule has 2 rings (SSSR count). The molecule has 1 nitrogen and oxygen atoms in total. The lowest BCUT2D eigenvalue weighted by Crippen LogP contribution is -1.85. The fourth-order valence-electron chi connectivity index (χ4n) is 1.29. The van der Waals surface area contributed by atoms with Crippen molar-refractivity contribution in [1.29, 1.82) is 0 Å². The molecule has 0 saturated heterocycles. The predicted octanol–water partition coefficient (Wildman–Crippen LogP) is 2.73. The minimum Gasteiger partial charge on any atom is -0.256 e. The lowest BCUT2D eigenvalue weighted by Gasteiger charge is -1.98. The highest BCUT2D eigenvalue weighted by Gasteiger charge is 2.01. The standard InChI is InChI=1S/C11H11N/c1-9-6-7-11(12-8-9)10-4-2-3-5-10/h2,4-8H,3H2,1H3. The first-order valence-corrected chi connectivity index (χ1v) is 4.16. The number of hydrogen-bond acceptors (Lipinski definition) is 1. The van der Waals surface area contributed by atoms with Crippen LogP contribution in [0.25, 0.3) is 5.57 Å². The van der Waals surface area contributed by atoms with Gasteiger partial charge < -0.3 is 0 Å². The van der Waals surface area contributed by atoms with Crippen LogP contribution in [0, 0.1) is 6.92 Å². The monoisotopic (exact) mass is 157 g/mol. The molecule has 0 saturated carbocycles. The van der Waals surface area contributed by atoms with E-state index in [0.29, 0.717) is 0 Å².